The predicted octanol–water partition coefficient (Wildman–Crippen LogP) is 21.4. The molecule has 0 atom stereocenters. The number of hydrogen-bond acceptors (Lipinski definition) is 4. The lowest BCUT2D eigenvalue weighted by Crippen LogP contribution is -2.33. The van der Waals surface area contributed by atoms with Gasteiger partial charge in [-0.1, -0.05) is 209 Å². The highest BCUT2D eigenvalue weighted by Gasteiger charge is 2.38. The molecule has 0 radical (unpaired) electrons. The van der Waals surface area contributed by atoms with Gasteiger partial charge in [0.25, 0.3) is 0 Å². The van der Waals surface area contributed by atoms with Gasteiger partial charge in [0.1, 0.15) is 24.0 Å². The summed E-state index contributed by atoms with van der Waals surface area (Å²) in [7, 11) is 0. The lowest BCUT2D eigenvalue weighted by atomic mass is 9.63. The number of ether oxygens (including phenoxy) is 1. The molecular weight excluding hydrogens is 1010 g/mol. The number of rotatable bonds is 9. The fraction of sp³-hybridized carbons (Fsp3) is 0.244. The molecule has 83 heavy (non-hydrogen) atoms. The number of anilines is 4. The Morgan fingerprint density at radius 1 is 0.482 bits per heavy atom. The minimum Gasteiger partial charge on any atom is -0.457 e. The molecule has 2 aliphatic rings. The smallest absolute Gasteiger partial charge is 0.137 e. The van der Waals surface area contributed by atoms with Gasteiger partial charge in [0, 0.05) is 59.7 Å². The summed E-state index contributed by atoms with van der Waals surface area (Å²) in [6.45, 7) is 18.2. The second-order valence-electron chi connectivity index (χ2n) is 26.3. The number of fused-ring (bicyclic) bond motifs is 5. The third-order valence-electron chi connectivity index (χ3n) is 17.7. The number of aryl methyl sites for hydroxylation is 1. The van der Waals surface area contributed by atoms with Gasteiger partial charge in [-0.25, -0.2) is 4.98 Å². The zero-order valence-corrected chi connectivity index (χ0v) is 49.4. The van der Waals surface area contributed by atoms with Crippen LogP contribution in [0.5, 0.6) is 11.5 Å². The minimum atomic E-state index is -2.39. The summed E-state index contributed by atoms with van der Waals surface area (Å²) in [5.41, 5.74) is 18.0. The van der Waals surface area contributed by atoms with E-state index in [2.05, 4.69) is 200 Å². The Morgan fingerprint density at radius 2 is 1.11 bits per heavy atom. The Kier molecular flexibility index (Phi) is 11.3. The molecule has 0 N–H and O–H groups in total. The molecule has 5 nitrogen and oxygen atoms in total. The van der Waals surface area contributed by atoms with E-state index in [1.165, 1.54) is 11.1 Å². The Labute approximate surface area is 500 Å². The van der Waals surface area contributed by atoms with E-state index < -0.39 is 19.1 Å². The molecule has 0 saturated carbocycles. The number of nitrogens with zero attached hydrogens (tertiary/aromatic N) is 4. The summed E-state index contributed by atoms with van der Waals surface area (Å²) in [5, 5.41) is 2.00. The van der Waals surface area contributed by atoms with Crippen LogP contribution in [0.1, 0.15) is 124 Å². The summed E-state index contributed by atoms with van der Waals surface area (Å²) < 4.78 is 61.6. The maximum absolute atomic E-state index is 8.94. The molecule has 5 heteroatoms. The van der Waals surface area contributed by atoms with Crippen LogP contribution in [0.4, 0.5) is 22.7 Å². The Morgan fingerprint density at radius 3 is 1.83 bits per heavy atom. The van der Waals surface area contributed by atoms with E-state index in [9.17, 15) is 0 Å². The monoisotopic (exact) mass is 1090 g/mol. The second-order valence-corrected chi connectivity index (χ2v) is 26.3. The summed E-state index contributed by atoms with van der Waals surface area (Å²) in [5.74, 6) is 1.77. The van der Waals surface area contributed by atoms with Crippen LogP contribution in [-0.4, -0.2) is 16.2 Å². The van der Waals surface area contributed by atoms with Crippen LogP contribution < -0.4 is 14.5 Å². The van der Waals surface area contributed by atoms with E-state index in [-0.39, 0.29) is 21.8 Å². The summed E-state index contributed by atoms with van der Waals surface area (Å²) >= 11 is 0. The van der Waals surface area contributed by atoms with Gasteiger partial charge in [0.2, 0.25) is 0 Å². The SMILES string of the molecule is [2H]C([2H])([2H])c1cc(-n2c3ccccc3c3ccc(Oc4cccc(N5CN(c6c(-c7ccc(-c8cc(C(C)(C)C)cc(C(C)(C)C)c8C([2H])([2H])[2H])cc7)cccc6-c6ccc7c(c6)C(C)(C)CCC7(C)C)c6ccccc65)c4)cc32)ncc1-c1ccccc1. The Hall–Kier alpha value is -8.67. The first kappa shape index (κ1) is 46.9. The van der Waals surface area contributed by atoms with Crippen molar-refractivity contribution >= 4 is 44.6 Å². The normalized spacial score (nSPS) is 16.1. The molecule has 13 rings (SSSR count). The number of para-hydroxylation sites is 4. The zero-order chi connectivity index (χ0) is 62.7. The van der Waals surface area contributed by atoms with Crippen molar-refractivity contribution < 1.29 is 13.0 Å². The van der Waals surface area contributed by atoms with Crippen LogP contribution in [0.3, 0.4) is 0 Å². The molecule has 3 heterocycles. The average molecular weight is 1090 g/mol. The predicted molar refractivity (Wildman–Crippen MR) is 351 cm³/mol. The Balaban J connectivity index is 0.906. The van der Waals surface area contributed by atoms with Gasteiger partial charge in [-0.15, -0.1) is 0 Å². The summed E-state index contributed by atoms with van der Waals surface area (Å²) in [6.07, 6.45) is 3.91. The molecule has 0 amide bonds. The molecule has 1 aliphatic heterocycles. The van der Waals surface area contributed by atoms with Crippen molar-refractivity contribution in [2.24, 2.45) is 0 Å². The lowest BCUT2D eigenvalue weighted by molar-refractivity contribution is 0.332. The molecule has 0 saturated heterocycles. The summed E-state index contributed by atoms with van der Waals surface area (Å²) in [6, 6.07) is 68.9. The highest BCUT2D eigenvalue weighted by Crippen LogP contribution is 2.53. The third-order valence-corrected chi connectivity index (χ3v) is 17.7. The molecule has 0 bridgehead atoms. The maximum Gasteiger partial charge on any atom is 0.137 e. The molecule has 0 unspecified atom stereocenters. The molecular formula is C78H76N4O. The van der Waals surface area contributed by atoms with E-state index in [0.29, 0.717) is 35.1 Å². The van der Waals surface area contributed by atoms with E-state index in [1.807, 2.05) is 77.4 Å². The maximum atomic E-state index is 8.94. The molecule has 1 aliphatic carbocycles. The highest BCUT2D eigenvalue weighted by atomic mass is 16.5. The molecule has 11 aromatic rings. The van der Waals surface area contributed by atoms with Crippen LogP contribution >= 0.6 is 0 Å². The van der Waals surface area contributed by atoms with Gasteiger partial charge in [0.05, 0.1) is 28.1 Å². The van der Waals surface area contributed by atoms with Crippen molar-refractivity contribution in [3.63, 3.8) is 0 Å². The Bertz CT molecular complexity index is 4560. The van der Waals surface area contributed by atoms with Crippen LogP contribution in [0.2, 0.25) is 0 Å². The minimum absolute atomic E-state index is 0.00871. The molecule has 0 spiro atoms. The number of aromatic nitrogens is 2. The molecule has 0 fully saturated rings. The first-order valence-corrected chi connectivity index (χ1v) is 29.2. The van der Waals surface area contributed by atoms with Gasteiger partial charge in [-0.05, 0) is 158 Å². The average Bonchev–Trinajstić information content (AvgIpc) is 1.83. The zero-order valence-electron chi connectivity index (χ0n) is 55.4. The van der Waals surface area contributed by atoms with Gasteiger partial charge in [-0.3, -0.25) is 4.57 Å². The van der Waals surface area contributed by atoms with Crippen molar-refractivity contribution in [3.05, 3.63) is 240 Å². The highest BCUT2D eigenvalue weighted by molar-refractivity contribution is 6.09. The molecule has 414 valence electrons. The van der Waals surface area contributed by atoms with Crippen LogP contribution in [-0.2, 0) is 21.7 Å². The fourth-order valence-electron chi connectivity index (χ4n) is 12.9. The van der Waals surface area contributed by atoms with Crippen LogP contribution in [0, 0.1) is 13.7 Å². The first-order valence-electron chi connectivity index (χ1n) is 32.2. The van der Waals surface area contributed by atoms with Crippen molar-refractivity contribution in [2.75, 3.05) is 16.5 Å². The molecule has 9 aromatic carbocycles. The van der Waals surface area contributed by atoms with E-state index in [4.69, 9.17) is 17.9 Å². The van der Waals surface area contributed by atoms with Gasteiger partial charge >= 0.3 is 0 Å². The standard InChI is InChI=1S/C78H76N4O/c1-50-42-73(79-48-65(50)52-22-14-13-15-23-52)82-69-29-17-16-26-62(69)63-38-37-59(47-72(63)82)83-58-25-20-24-57(46-58)80-49-81(71-31-19-18-30-70(71)80)74-60(27-21-28-61(74)55-36-39-66-68(43-55)78(11,12)41-40-77(66,9)10)53-32-34-54(35-33-53)64-44-56(75(3,4)5)45-67(51(64)2)76(6,7)8/h13-39,42-48H,40-41,49H2,1-12H3/i1D3,2D3. The van der Waals surface area contributed by atoms with E-state index >= 15 is 0 Å². The number of benzene rings is 9. The van der Waals surface area contributed by atoms with E-state index in [1.54, 1.807) is 12.3 Å². The van der Waals surface area contributed by atoms with Crippen molar-refractivity contribution in [1.82, 2.24) is 9.55 Å². The number of hydrogen-bond donors (Lipinski definition) is 0. The third kappa shape index (κ3) is 9.58. The van der Waals surface area contributed by atoms with Crippen molar-refractivity contribution in [1.29, 1.82) is 0 Å². The fourth-order valence-corrected chi connectivity index (χ4v) is 12.9. The number of pyridine rings is 1. The van der Waals surface area contributed by atoms with E-state index in [0.717, 1.165) is 107 Å². The van der Waals surface area contributed by atoms with Gasteiger partial charge < -0.3 is 14.5 Å². The van der Waals surface area contributed by atoms with Crippen LogP contribution in [0.15, 0.2) is 206 Å². The van der Waals surface area contributed by atoms with Gasteiger partial charge in [-0.2, -0.15) is 0 Å². The van der Waals surface area contributed by atoms with Gasteiger partial charge in [0.15, 0.2) is 0 Å². The molecule has 2 aromatic heterocycles. The largest absolute Gasteiger partial charge is 0.457 e. The first-order chi connectivity index (χ1) is 42.1. The lowest BCUT2D eigenvalue weighted by Gasteiger charge is -2.42. The summed E-state index contributed by atoms with van der Waals surface area (Å²) in [4.78, 5) is 9.76. The topological polar surface area (TPSA) is 33.5 Å². The van der Waals surface area contributed by atoms with Crippen molar-refractivity contribution in [2.45, 2.75) is 117 Å². The van der Waals surface area contributed by atoms with Crippen LogP contribution in [0.25, 0.3) is 72.1 Å². The van der Waals surface area contributed by atoms with Crippen molar-refractivity contribution in [3.8, 4) is 61.8 Å². The quantitative estimate of drug-likeness (QED) is 0.144. The second kappa shape index (κ2) is 20.0.